The van der Waals surface area contributed by atoms with Crippen molar-refractivity contribution in [3.8, 4) is 11.5 Å². The third-order valence-corrected chi connectivity index (χ3v) is 6.14. The number of hydrogen-bond donors (Lipinski definition) is 2. The van der Waals surface area contributed by atoms with Crippen molar-refractivity contribution in [2.45, 2.75) is 19.5 Å². The van der Waals surface area contributed by atoms with Gasteiger partial charge in [-0.15, -0.1) is 0 Å². The molecule has 176 valence electrons. The molecule has 0 atom stereocenters. The lowest BCUT2D eigenvalue weighted by molar-refractivity contribution is 0.0684. The minimum Gasteiger partial charge on any atom is -0.497 e. The highest BCUT2D eigenvalue weighted by Crippen LogP contribution is 2.31. The van der Waals surface area contributed by atoms with Crippen molar-refractivity contribution in [3.05, 3.63) is 94.1 Å². The van der Waals surface area contributed by atoms with Gasteiger partial charge in [0, 0.05) is 35.1 Å². The number of carboxylic acid groups (broad SMARTS) is 1. The summed E-state index contributed by atoms with van der Waals surface area (Å²) < 4.78 is 12.5. The number of ether oxygens (including phenoxy) is 2. The van der Waals surface area contributed by atoms with E-state index in [0.29, 0.717) is 30.4 Å². The van der Waals surface area contributed by atoms with Crippen LogP contribution in [0.3, 0.4) is 0 Å². The smallest absolute Gasteiger partial charge is 0.352 e. The topological polar surface area (TPSA) is 72.7 Å². The first-order chi connectivity index (χ1) is 16.5. The molecule has 0 radical (unpaired) electrons. The standard InChI is InChI=1S/C27H27ClN2O4/c1-33-21-9-5-19(6-10-21)17-30-25-15-22(34-2)11-12-23(25)24(26(30)27(31)32)16-29-14-13-18-3-7-20(28)8-4-18/h3-12,15,29H,13-14,16-17H2,1-2H3,(H,31,32). The predicted molar refractivity (Wildman–Crippen MR) is 134 cm³/mol. The Hall–Kier alpha value is -3.48. The molecule has 0 spiro atoms. The van der Waals surface area contributed by atoms with Gasteiger partial charge in [-0.1, -0.05) is 35.9 Å². The van der Waals surface area contributed by atoms with Crippen molar-refractivity contribution in [1.29, 1.82) is 0 Å². The third kappa shape index (κ3) is 5.19. The van der Waals surface area contributed by atoms with Crippen LogP contribution in [0.1, 0.15) is 27.2 Å². The number of nitrogens with one attached hydrogen (secondary N) is 1. The zero-order valence-electron chi connectivity index (χ0n) is 19.2. The molecule has 1 aromatic heterocycles. The summed E-state index contributed by atoms with van der Waals surface area (Å²) in [5.41, 5.74) is 4.00. The SMILES string of the molecule is COc1ccc(Cn2c(C(=O)O)c(CNCCc3ccc(Cl)cc3)c3ccc(OC)cc32)cc1. The van der Waals surface area contributed by atoms with Gasteiger partial charge in [-0.3, -0.25) is 0 Å². The minimum absolute atomic E-state index is 0.276. The molecule has 0 amide bonds. The van der Waals surface area contributed by atoms with Crippen molar-refractivity contribution in [2.75, 3.05) is 20.8 Å². The Morgan fingerprint density at radius 3 is 2.24 bits per heavy atom. The van der Waals surface area contributed by atoms with E-state index >= 15 is 0 Å². The number of benzene rings is 3. The zero-order chi connectivity index (χ0) is 24.1. The van der Waals surface area contributed by atoms with Crippen molar-refractivity contribution in [3.63, 3.8) is 0 Å². The summed E-state index contributed by atoms with van der Waals surface area (Å²) in [7, 11) is 3.23. The van der Waals surface area contributed by atoms with Crippen molar-refractivity contribution in [1.82, 2.24) is 9.88 Å². The number of methoxy groups -OCH3 is 2. The number of fused-ring (bicyclic) bond motifs is 1. The molecule has 7 heteroatoms. The Kier molecular flexibility index (Phi) is 7.40. The molecule has 0 saturated carbocycles. The van der Waals surface area contributed by atoms with Crippen molar-refractivity contribution >= 4 is 28.5 Å². The first-order valence-electron chi connectivity index (χ1n) is 11.0. The van der Waals surface area contributed by atoms with Crippen LogP contribution in [-0.4, -0.2) is 36.4 Å². The predicted octanol–water partition coefficient (Wildman–Crippen LogP) is 5.39. The van der Waals surface area contributed by atoms with E-state index in [4.69, 9.17) is 21.1 Å². The van der Waals surface area contributed by atoms with Gasteiger partial charge in [0.05, 0.1) is 19.7 Å². The maximum atomic E-state index is 12.4. The van der Waals surface area contributed by atoms with E-state index in [1.54, 1.807) is 14.2 Å². The van der Waals surface area contributed by atoms with Crippen LogP contribution in [0.2, 0.25) is 5.02 Å². The molecule has 0 fully saturated rings. The maximum absolute atomic E-state index is 12.4. The first-order valence-corrected chi connectivity index (χ1v) is 11.4. The second-order valence-electron chi connectivity index (χ2n) is 8.00. The highest BCUT2D eigenvalue weighted by atomic mass is 35.5. The molecule has 6 nitrogen and oxygen atoms in total. The fourth-order valence-electron chi connectivity index (χ4n) is 4.13. The number of aromatic carboxylic acids is 1. The van der Waals surface area contributed by atoms with Gasteiger partial charge in [0.25, 0.3) is 0 Å². The second-order valence-corrected chi connectivity index (χ2v) is 8.44. The van der Waals surface area contributed by atoms with E-state index in [-0.39, 0.29) is 5.69 Å². The van der Waals surface area contributed by atoms with Crippen molar-refractivity contribution in [2.24, 2.45) is 0 Å². The van der Waals surface area contributed by atoms with Crippen LogP contribution in [0, 0.1) is 0 Å². The molecule has 4 rings (SSSR count). The second kappa shape index (κ2) is 10.6. The summed E-state index contributed by atoms with van der Waals surface area (Å²) in [5, 5.41) is 15.2. The maximum Gasteiger partial charge on any atom is 0.352 e. The Morgan fingerprint density at radius 1 is 0.941 bits per heavy atom. The normalized spacial score (nSPS) is 11.0. The Labute approximate surface area is 203 Å². The van der Waals surface area contributed by atoms with Crippen molar-refractivity contribution < 1.29 is 19.4 Å². The summed E-state index contributed by atoms with van der Waals surface area (Å²) in [5.74, 6) is 0.477. The van der Waals surface area contributed by atoms with Gasteiger partial charge in [-0.05, 0) is 60.5 Å². The number of hydrogen-bond acceptors (Lipinski definition) is 4. The third-order valence-electron chi connectivity index (χ3n) is 5.88. The fraction of sp³-hybridized carbons (Fsp3) is 0.222. The number of nitrogens with zero attached hydrogens (tertiary/aromatic N) is 1. The van der Waals surface area contributed by atoms with Crippen LogP contribution in [0.5, 0.6) is 11.5 Å². The van der Waals surface area contributed by atoms with Gasteiger partial charge in [0.1, 0.15) is 17.2 Å². The number of carboxylic acids is 1. The molecule has 4 aromatic rings. The van der Waals surface area contributed by atoms with Crippen LogP contribution in [-0.2, 0) is 19.5 Å². The Balaban J connectivity index is 1.65. The van der Waals surface area contributed by atoms with Crippen LogP contribution in [0.4, 0.5) is 0 Å². The van der Waals surface area contributed by atoms with Crippen LogP contribution in [0.15, 0.2) is 66.7 Å². The molecule has 0 bridgehead atoms. The lowest BCUT2D eigenvalue weighted by Gasteiger charge is -2.11. The lowest BCUT2D eigenvalue weighted by atomic mass is 10.1. The fourth-order valence-corrected chi connectivity index (χ4v) is 4.25. The molecule has 2 N–H and O–H groups in total. The van der Waals surface area contributed by atoms with Gasteiger partial charge in [-0.25, -0.2) is 4.79 Å². The number of carbonyl (C=O) groups is 1. The molecular weight excluding hydrogens is 452 g/mol. The Bertz CT molecular complexity index is 1280. The molecule has 0 saturated heterocycles. The van der Waals surface area contributed by atoms with Gasteiger partial charge >= 0.3 is 5.97 Å². The highest BCUT2D eigenvalue weighted by molar-refractivity contribution is 6.30. The molecule has 0 aliphatic rings. The summed E-state index contributed by atoms with van der Waals surface area (Å²) in [6.45, 7) is 1.57. The quantitative estimate of drug-likeness (QED) is 0.299. The van der Waals surface area contributed by atoms with Gasteiger partial charge in [0.15, 0.2) is 0 Å². The van der Waals surface area contributed by atoms with Gasteiger partial charge < -0.3 is 24.5 Å². The number of aromatic nitrogens is 1. The van der Waals surface area contributed by atoms with E-state index < -0.39 is 5.97 Å². The van der Waals surface area contributed by atoms with Gasteiger partial charge in [0.2, 0.25) is 0 Å². The molecule has 0 aliphatic carbocycles. The van der Waals surface area contributed by atoms with Crippen LogP contribution in [0.25, 0.3) is 10.9 Å². The molecular formula is C27H27ClN2O4. The molecule has 0 aliphatic heterocycles. The van der Waals surface area contributed by atoms with Crippen LogP contribution >= 0.6 is 11.6 Å². The minimum atomic E-state index is -0.960. The molecule has 3 aromatic carbocycles. The summed E-state index contributed by atoms with van der Waals surface area (Å²) in [6.07, 6.45) is 0.817. The monoisotopic (exact) mass is 478 g/mol. The zero-order valence-corrected chi connectivity index (χ0v) is 19.9. The van der Waals surface area contributed by atoms with Gasteiger partial charge in [-0.2, -0.15) is 0 Å². The van der Waals surface area contributed by atoms with Crippen LogP contribution < -0.4 is 14.8 Å². The molecule has 34 heavy (non-hydrogen) atoms. The summed E-state index contributed by atoms with van der Waals surface area (Å²) >= 11 is 5.96. The number of halogens is 1. The first kappa shape index (κ1) is 23.7. The summed E-state index contributed by atoms with van der Waals surface area (Å²) in [6, 6.07) is 21.1. The summed E-state index contributed by atoms with van der Waals surface area (Å²) in [4.78, 5) is 12.4. The largest absolute Gasteiger partial charge is 0.497 e. The van der Waals surface area contributed by atoms with E-state index in [1.165, 1.54) is 5.56 Å². The lowest BCUT2D eigenvalue weighted by Crippen LogP contribution is -2.19. The van der Waals surface area contributed by atoms with E-state index in [0.717, 1.165) is 34.2 Å². The van der Waals surface area contributed by atoms with E-state index in [1.807, 2.05) is 71.3 Å². The Morgan fingerprint density at radius 2 is 1.59 bits per heavy atom. The highest BCUT2D eigenvalue weighted by Gasteiger charge is 2.23. The van der Waals surface area contributed by atoms with E-state index in [2.05, 4.69) is 5.32 Å². The average Bonchev–Trinajstić information content (AvgIpc) is 3.16. The molecule has 0 unspecified atom stereocenters. The average molecular weight is 479 g/mol. The van der Waals surface area contributed by atoms with E-state index in [9.17, 15) is 9.90 Å². The molecule has 1 heterocycles. The number of rotatable bonds is 10.